The molecule has 2 rings (SSSR count). The molecule has 1 unspecified atom stereocenters. The van der Waals surface area contributed by atoms with Crippen molar-refractivity contribution in [3.63, 3.8) is 0 Å². The molecule has 1 aromatic heterocycles. The summed E-state index contributed by atoms with van der Waals surface area (Å²) in [4.78, 5) is 8.62. The summed E-state index contributed by atoms with van der Waals surface area (Å²) in [7, 11) is 0. The number of nitrogens with two attached hydrogens (primary N) is 1. The van der Waals surface area contributed by atoms with Crippen LogP contribution in [0.2, 0.25) is 0 Å². The molecular weight excluding hydrogens is 176 g/mol. The maximum absolute atomic E-state index is 5.67. The Kier molecular flexibility index (Phi) is 2.63. The van der Waals surface area contributed by atoms with Crippen molar-refractivity contribution in [1.82, 2.24) is 15.3 Å². The molecule has 0 amide bonds. The molecule has 0 aromatic carbocycles. The lowest BCUT2D eigenvalue weighted by atomic mass is 10.0. The number of hydrogen-bond donors (Lipinski definition) is 2. The average Bonchev–Trinajstić information content (AvgIpc) is 2.54. The van der Waals surface area contributed by atoms with Crippen LogP contribution in [0.3, 0.4) is 0 Å². The molecule has 0 aliphatic carbocycles. The highest BCUT2D eigenvalue weighted by atomic mass is 15.0. The second-order valence-electron chi connectivity index (χ2n) is 3.91. The summed E-state index contributed by atoms with van der Waals surface area (Å²) in [5, 5.41) is 3.33. The van der Waals surface area contributed by atoms with Gasteiger partial charge in [0.05, 0.1) is 0 Å². The molecule has 1 aliphatic rings. The van der Waals surface area contributed by atoms with Crippen LogP contribution in [-0.4, -0.2) is 23.1 Å². The fourth-order valence-electron chi connectivity index (χ4n) is 1.89. The number of nitrogens with one attached hydrogen (secondary N) is 1. The summed E-state index contributed by atoms with van der Waals surface area (Å²) >= 11 is 0. The van der Waals surface area contributed by atoms with Crippen LogP contribution in [-0.2, 0) is 6.42 Å². The van der Waals surface area contributed by atoms with Crippen LogP contribution in [0.5, 0.6) is 0 Å². The molecule has 76 valence electrons. The summed E-state index contributed by atoms with van der Waals surface area (Å²) in [5.41, 5.74) is 6.62. The van der Waals surface area contributed by atoms with Crippen LogP contribution in [0.25, 0.3) is 0 Å². The van der Waals surface area contributed by atoms with Gasteiger partial charge < -0.3 is 11.1 Å². The van der Waals surface area contributed by atoms with Gasteiger partial charge in [0.2, 0.25) is 0 Å². The van der Waals surface area contributed by atoms with Crippen LogP contribution in [0.1, 0.15) is 17.9 Å². The Morgan fingerprint density at radius 1 is 1.57 bits per heavy atom. The normalized spacial score (nSPS) is 21.4. The molecule has 1 atom stereocenters. The molecule has 0 saturated carbocycles. The van der Waals surface area contributed by atoms with Crippen molar-refractivity contribution in [1.29, 1.82) is 0 Å². The van der Waals surface area contributed by atoms with E-state index in [0.29, 0.717) is 11.7 Å². The van der Waals surface area contributed by atoms with E-state index in [0.717, 1.165) is 31.0 Å². The second-order valence-corrected chi connectivity index (χ2v) is 3.91. The number of aryl methyl sites for hydroxylation is 1. The average molecular weight is 192 g/mol. The zero-order valence-electron chi connectivity index (χ0n) is 8.45. The highest BCUT2D eigenvalue weighted by molar-refractivity contribution is 5.29. The zero-order valence-corrected chi connectivity index (χ0v) is 8.45. The molecular formula is C10H16N4. The number of nitrogen functional groups attached to an aromatic ring is 1. The Hall–Kier alpha value is -1.16. The van der Waals surface area contributed by atoms with E-state index in [4.69, 9.17) is 5.73 Å². The summed E-state index contributed by atoms with van der Waals surface area (Å²) in [6.45, 7) is 4.15. The molecule has 4 heteroatoms. The minimum Gasteiger partial charge on any atom is -0.384 e. The highest BCUT2D eigenvalue weighted by Gasteiger charge is 2.16. The molecule has 0 spiro atoms. The van der Waals surface area contributed by atoms with Crippen LogP contribution in [0.15, 0.2) is 6.07 Å². The van der Waals surface area contributed by atoms with E-state index in [9.17, 15) is 0 Å². The lowest BCUT2D eigenvalue weighted by Gasteiger charge is -2.07. The first-order valence-corrected chi connectivity index (χ1v) is 5.05. The fraction of sp³-hybridized carbons (Fsp3) is 0.600. The fourth-order valence-corrected chi connectivity index (χ4v) is 1.89. The van der Waals surface area contributed by atoms with Gasteiger partial charge in [-0.15, -0.1) is 0 Å². The molecule has 1 aliphatic heterocycles. The Morgan fingerprint density at radius 3 is 3.07 bits per heavy atom. The summed E-state index contributed by atoms with van der Waals surface area (Å²) in [6.07, 6.45) is 2.16. The molecule has 1 saturated heterocycles. The molecule has 1 fully saturated rings. The third kappa shape index (κ3) is 2.20. The van der Waals surface area contributed by atoms with E-state index >= 15 is 0 Å². The predicted molar refractivity (Wildman–Crippen MR) is 55.9 cm³/mol. The van der Waals surface area contributed by atoms with Gasteiger partial charge in [-0.05, 0) is 32.4 Å². The van der Waals surface area contributed by atoms with Crippen molar-refractivity contribution in [2.75, 3.05) is 18.8 Å². The van der Waals surface area contributed by atoms with Gasteiger partial charge >= 0.3 is 0 Å². The van der Waals surface area contributed by atoms with Gasteiger partial charge in [-0.2, -0.15) is 0 Å². The minimum absolute atomic E-state index is 0.582. The molecule has 0 bridgehead atoms. The number of nitrogens with zero attached hydrogens (tertiary/aromatic N) is 2. The Labute approximate surface area is 83.9 Å². The largest absolute Gasteiger partial charge is 0.384 e. The number of hydrogen-bond acceptors (Lipinski definition) is 4. The summed E-state index contributed by atoms with van der Waals surface area (Å²) < 4.78 is 0. The lowest BCUT2D eigenvalue weighted by Crippen LogP contribution is -2.13. The first-order chi connectivity index (χ1) is 6.74. The molecule has 2 heterocycles. The monoisotopic (exact) mass is 192 g/mol. The van der Waals surface area contributed by atoms with Gasteiger partial charge in [0.15, 0.2) is 0 Å². The Morgan fingerprint density at radius 2 is 2.43 bits per heavy atom. The van der Waals surface area contributed by atoms with Gasteiger partial charge in [0, 0.05) is 18.2 Å². The van der Waals surface area contributed by atoms with Crippen LogP contribution in [0, 0.1) is 12.8 Å². The van der Waals surface area contributed by atoms with Crippen molar-refractivity contribution >= 4 is 5.82 Å². The summed E-state index contributed by atoms with van der Waals surface area (Å²) in [5.74, 6) is 2.14. The maximum Gasteiger partial charge on any atom is 0.131 e. The predicted octanol–water partition coefficient (Wildman–Crippen LogP) is 0.519. The Balaban J connectivity index is 2.07. The van der Waals surface area contributed by atoms with E-state index < -0.39 is 0 Å². The smallest absolute Gasteiger partial charge is 0.131 e. The molecule has 3 N–H and O–H groups in total. The summed E-state index contributed by atoms with van der Waals surface area (Å²) in [6, 6.07) is 1.80. The molecule has 0 radical (unpaired) electrons. The van der Waals surface area contributed by atoms with Crippen molar-refractivity contribution in [2.24, 2.45) is 5.92 Å². The van der Waals surface area contributed by atoms with E-state index in [-0.39, 0.29) is 0 Å². The van der Waals surface area contributed by atoms with Gasteiger partial charge in [0.25, 0.3) is 0 Å². The third-order valence-electron chi connectivity index (χ3n) is 2.55. The standard InChI is InChI=1S/C10H16N4/c1-7-4-9(11)14-10(13-7)5-8-2-3-12-6-8/h4,8,12H,2-3,5-6H2,1H3,(H2,11,13,14). The van der Waals surface area contributed by atoms with Crippen molar-refractivity contribution < 1.29 is 0 Å². The van der Waals surface area contributed by atoms with Crippen LogP contribution >= 0.6 is 0 Å². The number of anilines is 1. The topological polar surface area (TPSA) is 63.8 Å². The van der Waals surface area contributed by atoms with Crippen LogP contribution < -0.4 is 11.1 Å². The van der Waals surface area contributed by atoms with Crippen molar-refractivity contribution in [3.05, 3.63) is 17.6 Å². The minimum atomic E-state index is 0.582. The lowest BCUT2D eigenvalue weighted by molar-refractivity contribution is 0.561. The van der Waals surface area contributed by atoms with Crippen molar-refractivity contribution in [3.8, 4) is 0 Å². The molecule has 1 aromatic rings. The number of aromatic nitrogens is 2. The van der Waals surface area contributed by atoms with Gasteiger partial charge in [-0.1, -0.05) is 0 Å². The van der Waals surface area contributed by atoms with Gasteiger partial charge in [-0.25, -0.2) is 9.97 Å². The van der Waals surface area contributed by atoms with E-state index in [2.05, 4.69) is 15.3 Å². The molecule has 4 nitrogen and oxygen atoms in total. The van der Waals surface area contributed by atoms with Gasteiger partial charge in [-0.3, -0.25) is 0 Å². The quantitative estimate of drug-likeness (QED) is 0.717. The maximum atomic E-state index is 5.67. The highest BCUT2D eigenvalue weighted by Crippen LogP contribution is 2.13. The zero-order chi connectivity index (χ0) is 9.97. The first kappa shape index (κ1) is 9.40. The van der Waals surface area contributed by atoms with Crippen LogP contribution in [0.4, 0.5) is 5.82 Å². The van der Waals surface area contributed by atoms with Crippen molar-refractivity contribution in [2.45, 2.75) is 19.8 Å². The van der Waals surface area contributed by atoms with E-state index in [1.807, 2.05) is 6.92 Å². The third-order valence-corrected chi connectivity index (χ3v) is 2.55. The Bertz CT molecular complexity index is 298. The second kappa shape index (κ2) is 3.92. The van der Waals surface area contributed by atoms with E-state index in [1.54, 1.807) is 6.07 Å². The SMILES string of the molecule is Cc1cc(N)nc(CC2CCNC2)n1. The number of rotatable bonds is 2. The first-order valence-electron chi connectivity index (χ1n) is 5.05. The molecule has 14 heavy (non-hydrogen) atoms. The van der Waals surface area contributed by atoms with E-state index in [1.165, 1.54) is 6.42 Å². The van der Waals surface area contributed by atoms with Gasteiger partial charge in [0.1, 0.15) is 11.6 Å².